The SMILES string of the molecule is CC/C=C\C/C=C\C/C=C\C/C=C\CCCCC(=O)OC(COC(=O)CCCCCCCC/C=C\C/C=C\C/C=C\CCCCC)COP(=O)(O)OCC(O)COP(=O)(O)OCC(COC(=O)CCCCCCC/C=C\CCCCCCCC)OC(=O)CCCCCCCCCCCCCCCCC. The first-order valence-electron chi connectivity index (χ1n) is 41.5. The number of carbonyl (C=O) groups excluding carboxylic acids is 4. The first kappa shape index (κ1) is 100.0. The van der Waals surface area contributed by atoms with Crippen LogP contribution in [-0.2, 0) is 65.4 Å². The van der Waals surface area contributed by atoms with E-state index in [0.717, 1.165) is 154 Å². The third-order valence-electron chi connectivity index (χ3n) is 17.5. The van der Waals surface area contributed by atoms with Crippen molar-refractivity contribution in [2.45, 2.75) is 380 Å². The Morgan fingerprint density at radius 1 is 0.279 bits per heavy atom. The Morgan fingerprint density at radius 3 is 0.817 bits per heavy atom. The van der Waals surface area contributed by atoms with Crippen LogP contribution in [0.4, 0.5) is 0 Å². The van der Waals surface area contributed by atoms with Gasteiger partial charge in [0.15, 0.2) is 12.2 Å². The number of rotatable bonds is 78. The summed E-state index contributed by atoms with van der Waals surface area (Å²) in [6.07, 6.45) is 82.3. The molecule has 0 heterocycles. The molecule has 104 heavy (non-hydrogen) atoms. The number of phosphoric ester groups is 2. The van der Waals surface area contributed by atoms with Crippen LogP contribution in [-0.4, -0.2) is 96.7 Å². The number of allylic oxidation sites excluding steroid dienone is 16. The van der Waals surface area contributed by atoms with Gasteiger partial charge in [-0.3, -0.25) is 37.3 Å². The van der Waals surface area contributed by atoms with Crippen LogP contribution in [0.2, 0.25) is 0 Å². The molecule has 602 valence electrons. The zero-order valence-electron chi connectivity index (χ0n) is 65.9. The average molecular weight is 1510 g/mol. The van der Waals surface area contributed by atoms with Gasteiger partial charge in [0.1, 0.15) is 19.3 Å². The Bertz CT molecular complexity index is 2350. The van der Waals surface area contributed by atoms with Gasteiger partial charge < -0.3 is 33.8 Å². The minimum atomic E-state index is -4.99. The Balaban J connectivity index is 5.38. The maximum Gasteiger partial charge on any atom is 0.472 e. The van der Waals surface area contributed by atoms with Gasteiger partial charge in [0.2, 0.25) is 0 Å². The van der Waals surface area contributed by atoms with E-state index >= 15 is 0 Å². The van der Waals surface area contributed by atoms with E-state index in [4.69, 9.17) is 37.0 Å². The highest BCUT2D eigenvalue weighted by Gasteiger charge is 2.30. The van der Waals surface area contributed by atoms with Crippen LogP contribution < -0.4 is 0 Å². The molecule has 0 spiro atoms. The monoisotopic (exact) mass is 1510 g/mol. The molecule has 0 amide bonds. The number of ether oxygens (including phenoxy) is 4. The number of aliphatic hydroxyl groups excluding tert-OH is 1. The van der Waals surface area contributed by atoms with Crippen molar-refractivity contribution in [3.63, 3.8) is 0 Å². The summed E-state index contributed by atoms with van der Waals surface area (Å²) < 4.78 is 68.7. The second-order valence-electron chi connectivity index (χ2n) is 27.7. The van der Waals surface area contributed by atoms with Gasteiger partial charge in [0, 0.05) is 25.7 Å². The topological polar surface area (TPSA) is 237 Å². The molecule has 0 aliphatic carbocycles. The molecule has 17 nitrogen and oxygen atoms in total. The van der Waals surface area contributed by atoms with Gasteiger partial charge in [-0.25, -0.2) is 9.13 Å². The summed E-state index contributed by atoms with van der Waals surface area (Å²) in [7, 11) is -9.97. The largest absolute Gasteiger partial charge is 0.472 e. The summed E-state index contributed by atoms with van der Waals surface area (Å²) in [5.41, 5.74) is 0. The molecule has 0 aromatic carbocycles. The van der Waals surface area contributed by atoms with Crippen molar-refractivity contribution in [1.29, 1.82) is 0 Å². The molecular formula is C85H150O17P2. The molecule has 0 saturated carbocycles. The summed E-state index contributed by atoms with van der Waals surface area (Å²) >= 11 is 0. The molecule has 5 unspecified atom stereocenters. The van der Waals surface area contributed by atoms with E-state index < -0.39 is 97.5 Å². The Hall–Kier alpha value is -4.02. The second kappa shape index (κ2) is 77.1. The van der Waals surface area contributed by atoms with Crippen LogP contribution in [0.25, 0.3) is 0 Å². The number of aliphatic hydroxyl groups is 1. The maximum absolute atomic E-state index is 13.1. The highest BCUT2D eigenvalue weighted by Crippen LogP contribution is 2.45. The predicted octanol–water partition coefficient (Wildman–Crippen LogP) is 24.3. The van der Waals surface area contributed by atoms with Crippen molar-refractivity contribution >= 4 is 39.5 Å². The molecule has 0 radical (unpaired) electrons. The second-order valence-corrected chi connectivity index (χ2v) is 30.6. The molecule has 0 rings (SSSR count). The van der Waals surface area contributed by atoms with E-state index in [2.05, 4.69) is 125 Å². The van der Waals surface area contributed by atoms with Crippen LogP contribution in [0.3, 0.4) is 0 Å². The Morgan fingerprint density at radius 2 is 0.500 bits per heavy atom. The molecule has 0 bridgehead atoms. The smallest absolute Gasteiger partial charge is 0.462 e. The third-order valence-corrected chi connectivity index (χ3v) is 19.4. The molecule has 0 aliphatic rings. The fourth-order valence-corrected chi connectivity index (χ4v) is 12.8. The number of unbranched alkanes of at least 4 members (excludes halogenated alkanes) is 36. The van der Waals surface area contributed by atoms with Gasteiger partial charge in [-0.15, -0.1) is 0 Å². The zero-order valence-corrected chi connectivity index (χ0v) is 67.7. The van der Waals surface area contributed by atoms with Crippen LogP contribution in [0.15, 0.2) is 97.2 Å². The van der Waals surface area contributed by atoms with E-state index in [1.807, 2.05) is 0 Å². The maximum atomic E-state index is 13.1. The average Bonchev–Trinajstić information content (AvgIpc) is 0.999. The number of hydrogen-bond acceptors (Lipinski definition) is 15. The minimum Gasteiger partial charge on any atom is -0.462 e. The summed E-state index contributed by atoms with van der Waals surface area (Å²) in [5.74, 6) is -2.22. The quantitative estimate of drug-likeness (QED) is 0.0169. The highest BCUT2D eigenvalue weighted by atomic mass is 31.2. The molecule has 5 atom stereocenters. The van der Waals surface area contributed by atoms with Gasteiger partial charge in [-0.2, -0.15) is 0 Å². The van der Waals surface area contributed by atoms with Gasteiger partial charge in [0.25, 0.3) is 0 Å². The molecule has 0 saturated heterocycles. The first-order valence-corrected chi connectivity index (χ1v) is 44.5. The molecule has 0 aromatic rings. The van der Waals surface area contributed by atoms with Crippen molar-refractivity contribution in [2.24, 2.45) is 0 Å². The molecule has 0 aromatic heterocycles. The summed E-state index contributed by atoms with van der Waals surface area (Å²) in [6, 6.07) is 0. The van der Waals surface area contributed by atoms with Crippen molar-refractivity contribution < 1.29 is 80.2 Å². The number of phosphoric acid groups is 2. The van der Waals surface area contributed by atoms with Crippen LogP contribution in [0.1, 0.15) is 362 Å². The minimum absolute atomic E-state index is 0.0397. The van der Waals surface area contributed by atoms with Gasteiger partial charge in [-0.05, 0) is 128 Å². The van der Waals surface area contributed by atoms with Crippen LogP contribution in [0, 0.1) is 0 Å². The van der Waals surface area contributed by atoms with Crippen LogP contribution >= 0.6 is 15.6 Å². The predicted molar refractivity (Wildman–Crippen MR) is 427 cm³/mol. The van der Waals surface area contributed by atoms with E-state index in [9.17, 15) is 43.2 Å². The van der Waals surface area contributed by atoms with Gasteiger partial charge in [-0.1, -0.05) is 305 Å². The van der Waals surface area contributed by atoms with E-state index in [0.29, 0.717) is 32.1 Å². The lowest BCUT2D eigenvalue weighted by Crippen LogP contribution is -2.30. The van der Waals surface area contributed by atoms with Crippen molar-refractivity contribution in [3.05, 3.63) is 97.2 Å². The van der Waals surface area contributed by atoms with Crippen molar-refractivity contribution in [2.75, 3.05) is 39.6 Å². The number of carbonyl (C=O) groups is 4. The number of hydrogen-bond donors (Lipinski definition) is 3. The van der Waals surface area contributed by atoms with E-state index in [1.54, 1.807) is 0 Å². The van der Waals surface area contributed by atoms with Gasteiger partial charge in [0.05, 0.1) is 26.4 Å². The fraction of sp³-hybridized carbons (Fsp3) is 0.765. The molecule has 3 N–H and O–H groups in total. The molecule has 0 aliphatic heterocycles. The zero-order chi connectivity index (χ0) is 76.0. The Kier molecular flexibility index (Phi) is 74.2. The third kappa shape index (κ3) is 76.2. The summed E-state index contributed by atoms with van der Waals surface area (Å²) in [4.78, 5) is 73.1. The van der Waals surface area contributed by atoms with E-state index in [1.165, 1.54) is 122 Å². The Labute approximate surface area is 633 Å². The van der Waals surface area contributed by atoms with Crippen molar-refractivity contribution in [3.8, 4) is 0 Å². The lowest BCUT2D eigenvalue weighted by molar-refractivity contribution is -0.161. The summed E-state index contributed by atoms with van der Waals surface area (Å²) in [6.45, 7) is 4.72. The first-order chi connectivity index (χ1) is 50.7. The molecule has 19 heteroatoms. The summed E-state index contributed by atoms with van der Waals surface area (Å²) in [5, 5.41) is 10.7. The highest BCUT2D eigenvalue weighted by molar-refractivity contribution is 7.47. The lowest BCUT2D eigenvalue weighted by atomic mass is 10.0. The molecule has 0 fully saturated rings. The van der Waals surface area contributed by atoms with Gasteiger partial charge >= 0.3 is 39.5 Å². The fourth-order valence-electron chi connectivity index (χ4n) is 11.2. The lowest BCUT2D eigenvalue weighted by Gasteiger charge is -2.21. The van der Waals surface area contributed by atoms with Crippen LogP contribution in [0.5, 0.6) is 0 Å². The molecular weight excluding hydrogens is 1350 g/mol. The standard InChI is InChI=1S/C85H150O17P2/c1-5-9-13-17-21-25-29-33-37-38-39-40-44-46-50-54-58-62-66-70-83(88)96-76-81(102-85(90)72-68-64-60-56-52-48-43-36-32-28-24-20-16-12-8-4)78-100-104(93,94)98-74-79(86)73-97-103(91,92)99-77-80(101-84(89)71-67-63-59-55-51-47-42-35-31-27-23-19-15-11-7-3)75-95-82(87)69-65-61-57-53-49-45-41-34-30-26-22-18-14-10-6-2/h12,16,21,24-25,28,33-34,36-37,39-41,43,52,56,79-81,86H,5-11,13-15,17-20,22-23,26-27,29-32,35,38,42,44-51,53-55,57-78H2,1-4H3,(H,91,92)(H,93,94)/b16-12-,25-21-,28-24-,37-33-,40-39-,41-34-,43-36-,56-52-. The van der Waals surface area contributed by atoms with Crippen molar-refractivity contribution in [1.82, 2.24) is 0 Å². The van der Waals surface area contributed by atoms with E-state index in [-0.39, 0.29) is 25.7 Å². The normalized spacial score (nSPS) is 14.3. The number of esters is 4.